The summed E-state index contributed by atoms with van der Waals surface area (Å²) in [5, 5.41) is 20.1. The Balaban J connectivity index is 4.52. The summed E-state index contributed by atoms with van der Waals surface area (Å²) in [5.74, 6) is -0.907. The van der Waals surface area contributed by atoms with E-state index < -0.39 is 23.0 Å². The van der Waals surface area contributed by atoms with Gasteiger partial charge in [-0.25, -0.2) is 4.79 Å². The quantitative estimate of drug-likeness (QED) is 0.387. The fourth-order valence-corrected chi connectivity index (χ4v) is 1.19. The fraction of sp³-hybridized carbons (Fsp3) is 0.889. The van der Waals surface area contributed by atoms with Crippen LogP contribution in [0.15, 0.2) is 0 Å². The molecule has 0 aliphatic carbocycles. The number of hydrogen-bond acceptors (Lipinski definition) is 5. The second-order valence-corrected chi connectivity index (χ2v) is 3.35. The Labute approximate surface area is 88.4 Å². The molecule has 6 nitrogen and oxygen atoms in total. The highest BCUT2D eigenvalue weighted by Gasteiger charge is 2.42. The Morgan fingerprint density at radius 2 is 2.13 bits per heavy atom. The summed E-state index contributed by atoms with van der Waals surface area (Å²) < 4.78 is 4.61. The summed E-state index contributed by atoms with van der Waals surface area (Å²) in [5.41, 5.74) is -1.98. The first-order chi connectivity index (χ1) is 6.96. The molecule has 0 aromatic heterocycles. The highest BCUT2D eigenvalue weighted by Crippen LogP contribution is 2.16. The number of esters is 1. The number of carbonyl (C=O) groups excluding carboxylic acids is 1. The predicted octanol–water partition coefficient (Wildman–Crippen LogP) is 0.748. The number of carbonyl (C=O) groups is 1. The van der Waals surface area contributed by atoms with E-state index in [1.807, 2.05) is 6.92 Å². The third-order valence-electron chi connectivity index (χ3n) is 1.99. The average molecular weight is 219 g/mol. The van der Waals surface area contributed by atoms with Crippen molar-refractivity contribution >= 4 is 5.97 Å². The minimum atomic E-state index is -1.98. The molecule has 0 spiro atoms. The van der Waals surface area contributed by atoms with Gasteiger partial charge in [0.15, 0.2) is 0 Å². The van der Waals surface area contributed by atoms with Crippen LogP contribution in [0.1, 0.15) is 33.1 Å². The van der Waals surface area contributed by atoms with Crippen molar-refractivity contribution in [1.82, 2.24) is 0 Å². The summed E-state index contributed by atoms with van der Waals surface area (Å²) in [7, 11) is 0. The lowest BCUT2D eigenvalue weighted by Crippen LogP contribution is -2.46. The van der Waals surface area contributed by atoms with Gasteiger partial charge >= 0.3 is 5.97 Å². The van der Waals surface area contributed by atoms with Gasteiger partial charge in [-0.3, -0.25) is 10.1 Å². The molecule has 1 atom stereocenters. The minimum absolute atomic E-state index is 0.0588. The van der Waals surface area contributed by atoms with Gasteiger partial charge in [-0.2, -0.15) is 0 Å². The number of rotatable bonds is 7. The molecule has 0 heterocycles. The van der Waals surface area contributed by atoms with Crippen molar-refractivity contribution in [3.05, 3.63) is 10.1 Å². The summed E-state index contributed by atoms with van der Waals surface area (Å²) in [6.07, 6.45) is 1.35. The van der Waals surface area contributed by atoms with Gasteiger partial charge in [-0.05, 0) is 19.8 Å². The number of aliphatic hydroxyl groups is 1. The second kappa shape index (κ2) is 6.34. The third kappa shape index (κ3) is 4.73. The molecule has 6 heteroatoms. The SMILES string of the molecule is CCCCC(O)(C[N+](=O)[O-])C(=O)OCC. The van der Waals surface area contributed by atoms with Crippen molar-refractivity contribution < 1.29 is 19.6 Å². The number of unbranched alkanes of at least 4 members (excludes halogenated alkanes) is 1. The Hall–Kier alpha value is -1.17. The largest absolute Gasteiger partial charge is 0.464 e. The van der Waals surface area contributed by atoms with Gasteiger partial charge in [0.2, 0.25) is 12.1 Å². The van der Waals surface area contributed by atoms with E-state index in [9.17, 15) is 20.0 Å². The van der Waals surface area contributed by atoms with E-state index in [0.29, 0.717) is 6.42 Å². The van der Waals surface area contributed by atoms with Crippen molar-refractivity contribution in [2.45, 2.75) is 38.7 Å². The number of ether oxygens (including phenoxy) is 1. The Kier molecular flexibility index (Phi) is 5.84. The van der Waals surface area contributed by atoms with Crippen LogP contribution in [0.4, 0.5) is 0 Å². The van der Waals surface area contributed by atoms with Gasteiger partial charge in [0.25, 0.3) is 0 Å². The fourth-order valence-electron chi connectivity index (χ4n) is 1.19. The van der Waals surface area contributed by atoms with E-state index in [-0.39, 0.29) is 13.0 Å². The lowest BCUT2D eigenvalue weighted by molar-refractivity contribution is -0.497. The van der Waals surface area contributed by atoms with Crippen LogP contribution in [0.25, 0.3) is 0 Å². The standard InChI is InChI=1S/C9H17NO5/c1-3-5-6-9(12,7-10(13)14)8(11)15-4-2/h12H,3-7H2,1-2H3. The molecule has 0 radical (unpaired) electrons. The van der Waals surface area contributed by atoms with Gasteiger partial charge in [0.1, 0.15) is 0 Å². The molecule has 0 fully saturated rings. The molecular weight excluding hydrogens is 202 g/mol. The highest BCUT2D eigenvalue weighted by molar-refractivity contribution is 5.79. The van der Waals surface area contributed by atoms with E-state index in [1.54, 1.807) is 6.92 Å². The van der Waals surface area contributed by atoms with Crippen LogP contribution in [0.3, 0.4) is 0 Å². The zero-order valence-electron chi connectivity index (χ0n) is 9.06. The maximum absolute atomic E-state index is 11.3. The van der Waals surface area contributed by atoms with Crippen molar-refractivity contribution in [2.24, 2.45) is 0 Å². The van der Waals surface area contributed by atoms with Crippen LogP contribution in [0, 0.1) is 10.1 Å². The van der Waals surface area contributed by atoms with Crippen molar-refractivity contribution in [3.63, 3.8) is 0 Å². The maximum Gasteiger partial charge on any atom is 0.345 e. The second-order valence-electron chi connectivity index (χ2n) is 3.35. The first kappa shape index (κ1) is 13.8. The zero-order chi connectivity index (χ0) is 11.9. The first-order valence-electron chi connectivity index (χ1n) is 4.97. The van der Waals surface area contributed by atoms with Crippen LogP contribution < -0.4 is 0 Å². The van der Waals surface area contributed by atoms with Gasteiger partial charge in [-0.1, -0.05) is 13.3 Å². The molecule has 88 valence electrons. The molecule has 0 rings (SSSR count). The van der Waals surface area contributed by atoms with Crippen LogP contribution in [-0.4, -0.2) is 34.8 Å². The van der Waals surface area contributed by atoms with E-state index in [2.05, 4.69) is 4.74 Å². The monoisotopic (exact) mass is 219 g/mol. The van der Waals surface area contributed by atoms with E-state index in [0.717, 1.165) is 6.42 Å². The summed E-state index contributed by atoms with van der Waals surface area (Å²) in [6, 6.07) is 0. The smallest absolute Gasteiger partial charge is 0.345 e. The molecule has 0 aliphatic heterocycles. The highest BCUT2D eigenvalue weighted by atomic mass is 16.6. The lowest BCUT2D eigenvalue weighted by atomic mass is 9.97. The molecule has 1 N–H and O–H groups in total. The number of nitrogens with zero attached hydrogens (tertiary/aromatic N) is 1. The lowest BCUT2D eigenvalue weighted by Gasteiger charge is -2.21. The maximum atomic E-state index is 11.3. The zero-order valence-corrected chi connectivity index (χ0v) is 9.06. The van der Waals surface area contributed by atoms with Gasteiger partial charge in [0.05, 0.1) is 6.61 Å². The normalized spacial score (nSPS) is 14.3. The summed E-state index contributed by atoms with van der Waals surface area (Å²) in [6.45, 7) is 2.76. The van der Waals surface area contributed by atoms with Crippen LogP contribution in [0.5, 0.6) is 0 Å². The molecular formula is C9H17NO5. The topological polar surface area (TPSA) is 89.7 Å². The van der Waals surface area contributed by atoms with Crippen molar-refractivity contribution in [3.8, 4) is 0 Å². The third-order valence-corrected chi connectivity index (χ3v) is 1.99. The molecule has 0 bridgehead atoms. The van der Waals surface area contributed by atoms with E-state index in [1.165, 1.54) is 0 Å². The summed E-state index contributed by atoms with van der Waals surface area (Å²) in [4.78, 5) is 21.0. The van der Waals surface area contributed by atoms with Crippen LogP contribution in [0.2, 0.25) is 0 Å². The Morgan fingerprint density at radius 3 is 2.53 bits per heavy atom. The van der Waals surface area contributed by atoms with Crippen molar-refractivity contribution in [2.75, 3.05) is 13.2 Å². The van der Waals surface area contributed by atoms with Gasteiger partial charge < -0.3 is 9.84 Å². The van der Waals surface area contributed by atoms with Gasteiger partial charge in [0, 0.05) is 4.92 Å². The molecule has 0 saturated heterocycles. The Morgan fingerprint density at radius 1 is 1.53 bits per heavy atom. The molecule has 0 amide bonds. The molecule has 0 saturated carbocycles. The average Bonchev–Trinajstić information content (AvgIpc) is 2.14. The molecule has 0 aliphatic rings. The number of nitro groups is 1. The predicted molar refractivity (Wildman–Crippen MR) is 53.0 cm³/mol. The first-order valence-corrected chi connectivity index (χ1v) is 4.97. The Bertz CT molecular complexity index is 231. The summed E-state index contributed by atoms with van der Waals surface area (Å²) >= 11 is 0. The van der Waals surface area contributed by atoms with Crippen LogP contribution in [-0.2, 0) is 9.53 Å². The van der Waals surface area contributed by atoms with Crippen molar-refractivity contribution in [1.29, 1.82) is 0 Å². The van der Waals surface area contributed by atoms with Gasteiger partial charge in [-0.15, -0.1) is 0 Å². The minimum Gasteiger partial charge on any atom is -0.464 e. The molecule has 0 aromatic rings. The molecule has 0 aromatic carbocycles. The molecule has 15 heavy (non-hydrogen) atoms. The van der Waals surface area contributed by atoms with Crippen LogP contribution >= 0.6 is 0 Å². The number of hydrogen-bond donors (Lipinski definition) is 1. The van der Waals surface area contributed by atoms with E-state index >= 15 is 0 Å². The van der Waals surface area contributed by atoms with E-state index in [4.69, 9.17) is 0 Å². The molecule has 1 unspecified atom stereocenters.